The van der Waals surface area contributed by atoms with Crippen molar-refractivity contribution in [3.63, 3.8) is 0 Å². The second-order valence-corrected chi connectivity index (χ2v) is 12.5. The number of aliphatic hydroxyl groups is 1. The zero-order chi connectivity index (χ0) is 23.6. The van der Waals surface area contributed by atoms with Crippen molar-refractivity contribution in [2.45, 2.75) is 88.7 Å². The summed E-state index contributed by atoms with van der Waals surface area (Å²) in [6, 6.07) is 5.88. The number of aromatic nitrogens is 1. The summed E-state index contributed by atoms with van der Waals surface area (Å²) < 4.78 is 0. The molecule has 4 saturated carbocycles. The van der Waals surface area contributed by atoms with Gasteiger partial charge in [0.15, 0.2) is 0 Å². The number of halogens is 2. The summed E-state index contributed by atoms with van der Waals surface area (Å²) in [7, 11) is 0. The first-order valence-electron chi connectivity index (χ1n) is 13.1. The number of fused-ring (bicyclic) bond motifs is 1. The first kappa shape index (κ1) is 23.1. The Kier molecular flexibility index (Phi) is 5.86. The van der Waals surface area contributed by atoms with Crippen LogP contribution in [-0.4, -0.2) is 33.5 Å². The van der Waals surface area contributed by atoms with Crippen LogP contribution in [0.2, 0.25) is 10.0 Å². The first-order valence-corrected chi connectivity index (χ1v) is 13.8. The lowest BCUT2D eigenvalue weighted by atomic mass is 9.48. The first-order chi connectivity index (χ1) is 16.3. The molecule has 7 rings (SSSR count). The van der Waals surface area contributed by atoms with Gasteiger partial charge in [-0.3, -0.25) is 9.78 Å². The number of aliphatic hydroxyl groups excluding tert-OH is 1. The molecule has 4 bridgehead atoms. The summed E-state index contributed by atoms with van der Waals surface area (Å²) in [6.07, 6.45) is 10.6. The average molecular weight is 501 g/mol. The highest BCUT2D eigenvalue weighted by molar-refractivity contribution is 6.38. The Morgan fingerprint density at radius 2 is 1.79 bits per heavy atom. The van der Waals surface area contributed by atoms with Gasteiger partial charge in [0.2, 0.25) is 5.91 Å². The number of amides is 1. The van der Waals surface area contributed by atoms with Crippen molar-refractivity contribution in [1.29, 1.82) is 0 Å². The molecule has 1 aromatic heterocycles. The van der Waals surface area contributed by atoms with Gasteiger partial charge < -0.3 is 10.0 Å². The highest BCUT2D eigenvalue weighted by Gasteiger charge is 2.52. The lowest BCUT2D eigenvalue weighted by Gasteiger charge is -2.56. The molecule has 4 aliphatic carbocycles. The molecule has 182 valence electrons. The number of hydrogen-bond acceptors (Lipinski definition) is 3. The van der Waals surface area contributed by atoms with Gasteiger partial charge in [-0.1, -0.05) is 23.2 Å². The molecule has 2 atom stereocenters. The monoisotopic (exact) mass is 500 g/mol. The highest BCUT2D eigenvalue weighted by atomic mass is 35.5. The van der Waals surface area contributed by atoms with Gasteiger partial charge in [0.25, 0.3) is 0 Å². The normalized spacial score (nSPS) is 33.5. The lowest BCUT2D eigenvalue weighted by molar-refractivity contribution is -0.133. The quantitative estimate of drug-likeness (QED) is 0.500. The summed E-state index contributed by atoms with van der Waals surface area (Å²) >= 11 is 13.1. The molecule has 5 aliphatic rings. The van der Waals surface area contributed by atoms with Gasteiger partial charge in [-0.05, 0) is 106 Å². The third kappa shape index (κ3) is 3.94. The topological polar surface area (TPSA) is 53.4 Å². The van der Waals surface area contributed by atoms with E-state index >= 15 is 0 Å². The Morgan fingerprint density at radius 1 is 1.12 bits per heavy atom. The van der Waals surface area contributed by atoms with Crippen molar-refractivity contribution in [3.8, 4) is 0 Å². The van der Waals surface area contributed by atoms with Crippen LogP contribution in [0.15, 0.2) is 18.2 Å². The molecule has 2 aromatic rings. The van der Waals surface area contributed by atoms with Crippen LogP contribution in [0.25, 0.3) is 10.9 Å². The maximum Gasteiger partial charge on any atom is 0.219 e. The van der Waals surface area contributed by atoms with E-state index in [9.17, 15) is 9.90 Å². The van der Waals surface area contributed by atoms with Gasteiger partial charge in [0.05, 0.1) is 16.6 Å². The fraction of sp³-hybridized carbons (Fsp3) is 0.643. The Labute approximate surface area is 212 Å². The number of benzene rings is 1. The number of likely N-dealkylation sites (tertiary alicyclic amines) is 1. The predicted octanol–water partition coefficient (Wildman–Crippen LogP) is 6.83. The van der Waals surface area contributed by atoms with Crippen molar-refractivity contribution in [1.82, 2.24) is 9.88 Å². The summed E-state index contributed by atoms with van der Waals surface area (Å²) in [5.41, 5.74) is 2.84. The minimum atomic E-state index is -0.697. The third-order valence-electron chi connectivity index (χ3n) is 9.33. The Morgan fingerprint density at radius 3 is 2.44 bits per heavy atom. The van der Waals surface area contributed by atoms with E-state index in [0.29, 0.717) is 16.5 Å². The van der Waals surface area contributed by atoms with Crippen LogP contribution in [0.4, 0.5) is 0 Å². The van der Waals surface area contributed by atoms with Crippen LogP contribution >= 0.6 is 23.2 Å². The van der Waals surface area contributed by atoms with E-state index in [2.05, 4.69) is 6.07 Å². The van der Waals surface area contributed by atoms with Crippen LogP contribution in [0.3, 0.4) is 0 Å². The Balaban J connectivity index is 1.42. The summed E-state index contributed by atoms with van der Waals surface area (Å²) in [5.74, 6) is 2.52. The molecule has 4 nitrogen and oxygen atoms in total. The molecule has 6 heteroatoms. The van der Waals surface area contributed by atoms with E-state index in [4.69, 9.17) is 28.2 Å². The van der Waals surface area contributed by atoms with Gasteiger partial charge in [-0.25, -0.2) is 0 Å². The van der Waals surface area contributed by atoms with Crippen molar-refractivity contribution < 1.29 is 9.90 Å². The second-order valence-electron chi connectivity index (χ2n) is 11.7. The van der Waals surface area contributed by atoms with E-state index in [1.165, 1.54) is 38.5 Å². The molecule has 34 heavy (non-hydrogen) atoms. The Bertz CT molecular complexity index is 1100. The summed E-state index contributed by atoms with van der Waals surface area (Å²) in [4.78, 5) is 19.4. The van der Waals surface area contributed by atoms with Crippen molar-refractivity contribution >= 4 is 40.0 Å². The molecule has 0 spiro atoms. The molecule has 5 fully saturated rings. The van der Waals surface area contributed by atoms with E-state index in [1.807, 2.05) is 11.0 Å². The van der Waals surface area contributed by atoms with Gasteiger partial charge in [-0.2, -0.15) is 0 Å². The van der Waals surface area contributed by atoms with Gasteiger partial charge in [-0.15, -0.1) is 0 Å². The summed E-state index contributed by atoms with van der Waals surface area (Å²) in [5, 5.41) is 13.5. The van der Waals surface area contributed by atoms with Gasteiger partial charge >= 0.3 is 0 Å². The van der Waals surface area contributed by atoms with Gasteiger partial charge in [0, 0.05) is 41.0 Å². The molecule has 1 N–H and O–H groups in total. The zero-order valence-electron chi connectivity index (χ0n) is 19.9. The summed E-state index contributed by atoms with van der Waals surface area (Å²) in [6.45, 7) is 2.41. The molecule has 1 aliphatic heterocycles. The molecular weight excluding hydrogens is 467 g/mol. The standard InChI is InChI=1S/C28H34Cl2N2O2/c1-16(33)32-5-3-2-4-21(32)11-25(34)22-12-26(31-27-23(22)9-20(29)10-24(27)30)28-13-17-6-18(14-28)8-19(7-17)15-28/h9-10,12,17-19,21,25,34H,2-8,11,13-15H2,1H3. The van der Waals surface area contributed by atoms with E-state index in [1.54, 1.807) is 13.0 Å². The number of piperidine rings is 1. The lowest BCUT2D eigenvalue weighted by Crippen LogP contribution is -2.49. The number of pyridine rings is 1. The largest absolute Gasteiger partial charge is 0.388 e. The van der Waals surface area contributed by atoms with Crippen molar-refractivity contribution in [3.05, 3.63) is 39.5 Å². The van der Waals surface area contributed by atoms with E-state index in [-0.39, 0.29) is 17.4 Å². The number of nitrogens with zero attached hydrogens (tertiary/aromatic N) is 2. The fourth-order valence-electron chi connectivity index (χ4n) is 8.29. The average Bonchev–Trinajstić information content (AvgIpc) is 2.77. The molecule has 2 unspecified atom stereocenters. The van der Waals surface area contributed by atoms with Crippen LogP contribution in [-0.2, 0) is 10.2 Å². The molecule has 1 aromatic carbocycles. The SMILES string of the molecule is CC(=O)N1CCCCC1CC(O)c1cc(C23CC4CC(CC(C4)C2)C3)nc2c(Cl)cc(Cl)cc12. The minimum absolute atomic E-state index is 0.0575. The second kappa shape index (κ2) is 8.64. The molecule has 2 heterocycles. The molecule has 0 radical (unpaired) electrons. The van der Waals surface area contributed by atoms with Crippen LogP contribution in [0, 0.1) is 17.8 Å². The number of hydrogen-bond donors (Lipinski definition) is 1. The van der Waals surface area contributed by atoms with Crippen LogP contribution in [0.5, 0.6) is 0 Å². The van der Waals surface area contributed by atoms with E-state index in [0.717, 1.165) is 65.7 Å². The maximum atomic E-state index is 12.2. The van der Waals surface area contributed by atoms with Crippen molar-refractivity contribution in [2.75, 3.05) is 6.54 Å². The number of rotatable bonds is 4. The number of carbonyl (C=O) groups is 1. The van der Waals surface area contributed by atoms with Crippen molar-refractivity contribution in [2.24, 2.45) is 17.8 Å². The minimum Gasteiger partial charge on any atom is -0.388 e. The zero-order valence-corrected chi connectivity index (χ0v) is 21.4. The molecular formula is C28H34Cl2N2O2. The van der Waals surface area contributed by atoms with E-state index < -0.39 is 6.10 Å². The van der Waals surface area contributed by atoms with Gasteiger partial charge in [0.1, 0.15) is 0 Å². The Hall–Kier alpha value is -1.36. The fourth-order valence-corrected chi connectivity index (χ4v) is 8.83. The predicted molar refractivity (Wildman–Crippen MR) is 136 cm³/mol. The maximum absolute atomic E-state index is 12.2. The number of carbonyl (C=O) groups excluding carboxylic acids is 1. The smallest absolute Gasteiger partial charge is 0.219 e. The third-order valence-corrected chi connectivity index (χ3v) is 9.84. The van der Waals surface area contributed by atoms with Crippen LogP contribution in [0.1, 0.15) is 88.5 Å². The molecule has 1 saturated heterocycles. The molecule has 1 amide bonds. The van der Waals surface area contributed by atoms with Crippen LogP contribution < -0.4 is 0 Å². The highest BCUT2D eigenvalue weighted by Crippen LogP contribution is 2.60.